The summed E-state index contributed by atoms with van der Waals surface area (Å²) in [7, 11) is 0. The summed E-state index contributed by atoms with van der Waals surface area (Å²) in [6.07, 6.45) is 0. The molecule has 6 heteroatoms. The summed E-state index contributed by atoms with van der Waals surface area (Å²) in [4.78, 5) is 0. The van der Waals surface area contributed by atoms with Crippen molar-refractivity contribution in [2.75, 3.05) is 0 Å². The molecule has 0 spiro atoms. The first-order chi connectivity index (χ1) is 8.19. The van der Waals surface area contributed by atoms with E-state index in [2.05, 4.69) is 10.2 Å². The third-order valence-corrected chi connectivity index (χ3v) is 2.26. The van der Waals surface area contributed by atoms with Gasteiger partial charge in [0.05, 0.1) is 17.3 Å². The number of rotatable bonds is 3. The van der Waals surface area contributed by atoms with Gasteiger partial charge in [-0.2, -0.15) is 0 Å². The standard InChI is InChI=1S/C11H8ClFN2O2/c12-9-5-8(2-3-10(9)13)17-11-4-1-7(6-16)14-15-11/h1-5,16H,6H2. The van der Waals surface area contributed by atoms with Crippen LogP contribution in [-0.2, 0) is 6.61 Å². The number of benzene rings is 1. The van der Waals surface area contributed by atoms with E-state index in [1.807, 2.05) is 0 Å². The number of halogens is 2. The summed E-state index contributed by atoms with van der Waals surface area (Å²) in [6.45, 7) is -0.185. The maximum Gasteiger partial charge on any atom is 0.238 e. The first kappa shape index (κ1) is 11.8. The van der Waals surface area contributed by atoms with Crippen molar-refractivity contribution in [1.29, 1.82) is 0 Å². The van der Waals surface area contributed by atoms with Crippen LogP contribution in [0.25, 0.3) is 0 Å². The number of hydrogen-bond donors (Lipinski definition) is 1. The van der Waals surface area contributed by atoms with E-state index in [9.17, 15) is 4.39 Å². The van der Waals surface area contributed by atoms with Gasteiger partial charge in [0, 0.05) is 12.1 Å². The lowest BCUT2D eigenvalue weighted by Crippen LogP contribution is -1.95. The highest BCUT2D eigenvalue weighted by Crippen LogP contribution is 2.24. The molecule has 0 amide bonds. The second kappa shape index (κ2) is 5.07. The molecule has 1 aromatic carbocycles. The number of hydrogen-bond acceptors (Lipinski definition) is 4. The van der Waals surface area contributed by atoms with Gasteiger partial charge < -0.3 is 9.84 Å². The Hall–Kier alpha value is -1.72. The van der Waals surface area contributed by atoms with Gasteiger partial charge in [-0.1, -0.05) is 11.6 Å². The molecule has 0 saturated carbocycles. The van der Waals surface area contributed by atoms with Crippen molar-refractivity contribution in [3.8, 4) is 11.6 Å². The predicted octanol–water partition coefficient (Wildman–Crippen LogP) is 2.55. The van der Waals surface area contributed by atoms with E-state index in [0.717, 1.165) is 0 Å². The average molecular weight is 255 g/mol. The number of ether oxygens (including phenoxy) is 1. The van der Waals surface area contributed by atoms with Crippen molar-refractivity contribution in [3.05, 3.63) is 46.9 Å². The third kappa shape index (κ3) is 2.89. The summed E-state index contributed by atoms with van der Waals surface area (Å²) in [5.41, 5.74) is 0.439. The molecule has 1 N–H and O–H groups in total. The van der Waals surface area contributed by atoms with Crippen LogP contribution < -0.4 is 4.74 Å². The molecule has 1 heterocycles. The van der Waals surface area contributed by atoms with Gasteiger partial charge in [0.25, 0.3) is 0 Å². The van der Waals surface area contributed by atoms with Crippen LogP contribution >= 0.6 is 11.6 Å². The van der Waals surface area contributed by atoms with E-state index < -0.39 is 5.82 Å². The fourth-order valence-electron chi connectivity index (χ4n) is 1.15. The predicted molar refractivity (Wildman–Crippen MR) is 59.4 cm³/mol. The van der Waals surface area contributed by atoms with E-state index in [4.69, 9.17) is 21.4 Å². The largest absolute Gasteiger partial charge is 0.437 e. The highest BCUT2D eigenvalue weighted by Gasteiger charge is 2.04. The SMILES string of the molecule is OCc1ccc(Oc2ccc(F)c(Cl)c2)nn1. The van der Waals surface area contributed by atoms with Gasteiger partial charge in [0.15, 0.2) is 0 Å². The molecule has 0 fully saturated rings. The molecule has 0 aliphatic heterocycles. The van der Waals surface area contributed by atoms with Gasteiger partial charge >= 0.3 is 0 Å². The van der Waals surface area contributed by atoms with Gasteiger partial charge in [-0.05, 0) is 18.2 Å². The molecule has 0 bridgehead atoms. The molecule has 88 valence electrons. The zero-order valence-electron chi connectivity index (χ0n) is 8.60. The summed E-state index contributed by atoms with van der Waals surface area (Å²) < 4.78 is 18.2. The van der Waals surface area contributed by atoms with Crippen LogP contribution in [0.5, 0.6) is 11.6 Å². The van der Waals surface area contributed by atoms with Crippen LogP contribution in [0, 0.1) is 5.82 Å². The Morgan fingerprint density at radius 3 is 2.65 bits per heavy atom. The summed E-state index contributed by atoms with van der Waals surface area (Å²) in [5, 5.41) is 16.2. The normalized spacial score (nSPS) is 10.3. The van der Waals surface area contributed by atoms with Gasteiger partial charge in [-0.15, -0.1) is 10.2 Å². The van der Waals surface area contributed by atoms with Crippen LogP contribution in [0.2, 0.25) is 5.02 Å². The molecule has 0 aliphatic rings. The first-order valence-electron chi connectivity index (χ1n) is 4.75. The Morgan fingerprint density at radius 2 is 2.06 bits per heavy atom. The molecule has 2 rings (SSSR count). The smallest absolute Gasteiger partial charge is 0.238 e. The fourth-order valence-corrected chi connectivity index (χ4v) is 1.32. The molecule has 0 radical (unpaired) electrons. The minimum absolute atomic E-state index is 0.0255. The van der Waals surface area contributed by atoms with Crippen LogP contribution in [0.15, 0.2) is 30.3 Å². The third-order valence-electron chi connectivity index (χ3n) is 1.97. The Kier molecular flexibility index (Phi) is 3.51. The Morgan fingerprint density at radius 1 is 1.24 bits per heavy atom. The molecule has 0 unspecified atom stereocenters. The van der Waals surface area contributed by atoms with E-state index in [1.54, 1.807) is 12.1 Å². The topological polar surface area (TPSA) is 55.2 Å². The van der Waals surface area contributed by atoms with Crippen molar-refractivity contribution in [2.24, 2.45) is 0 Å². The van der Waals surface area contributed by atoms with E-state index >= 15 is 0 Å². The van der Waals surface area contributed by atoms with E-state index in [1.165, 1.54) is 18.2 Å². The van der Waals surface area contributed by atoms with Crippen LogP contribution in [0.4, 0.5) is 4.39 Å². The number of aromatic nitrogens is 2. The molecular formula is C11H8ClFN2O2. The van der Waals surface area contributed by atoms with Crippen LogP contribution in [0.3, 0.4) is 0 Å². The van der Waals surface area contributed by atoms with Crippen molar-refractivity contribution in [2.45, 2.75) is 6.61 Å². The molecule has 0 atom stereocenters. The lowest BCUT2D eigenvalue weighted by atomic mass is 10.3. The second-order valence-corrected chi connectivity index (χ2v) is 3.61. The maximum absolute atomic E-state index is 12.9. The molecular weight excluding hydrogens is 247 g/mol. The van der Waals surface area contributed by atoms with Crippen molar-refractivity contribution in [3.63, 3.8) is 0 Å². The van der Waals surface area contributed by atoms with Crippen molar-refractivity contribution < 1.29 is 14.2 Å². The summed E-state index contributed by atoms with van der Waals surface area (Å²) in [6, 6.07) is 7.11. The fraction of sp³-hybridized carbons (Fsp3) is 0.0909. The summed E-state index contributed by atoms with van der Waals surface area (Å²) >= 11 is 5.60. The minimum atomic E-state index is -0.513. The van der Waals surface area contributed by atoms with Crippen LogP contribution in [-0.4, -0.2) is 15.3 Å². The molecule has 0 aliphatic carbocycles. The lowest BCUT2D eigenvalue weighted by Gasteiger charge is -2.04. The highest BCUT2D eigenvalue weighted by atomic mass is 35.5. The Labute approximate surface area is 102 Å². The second-order valence-electron chi connectivity index (χ2n) is 3.20. The first-order valence-corrected chi connectivity index (χ1v) is 5.13. The highest BCUT2D eigenvalue weighted by molar-refractivity contribution is 6.30. The van der Waals surface area contributed by atoms with Crippen LogP contribution in [0.1, 0.15) is 5.69 Å². The van der Waals surface area contributed by atoms with Gasteiger partial charge in [0.2, 0.25) is 5.88 Å². The minimum Gasteiger partial charge on any atom is -0.437 e. The zero-order valence-corrected chi connectivity index (χ0v) is 9.36. The molecule has 0 saturated heterocycles. The molecule has 1 aromatic heterocycles. The molecule has 17 heavy (non-hydrogen) atoms. The summed E-state index contributed by atoms with van der Waals surface area (Å²) in [5.74, 6) is 0.0908. The lowest BCUT2D eigenvalue weighted by molar-refractivity contribution is 0.274. The van der Waals surface area contributed by atoms with E-state index in [-0.39, 0.29) is 17.5 Å². The molecule has 2 aromatic rings. The van der Waals surface area contributed by atoms with Gasteiger partial charge in [0.1, 0.15) is 11.6 Å². The zero-order chi connectivity index (χ0) is 12.3. The molecule has 4 nitrogen and oxygen atoms in total. The Balaban J connectivity index is 2.16. The average Bonchev–Trinajstić information content (AvgIpc) is 2.35. The maximum atomic E-state index is 12.9. The number of aliphatic hydroxyl groups is 1. The van der Waals surface area contributed by atoms with E-state index in [0.29, 0.717) is 11.4 Å². The monoisotopic (exact) mass is 254 g/mol. The van der Waals surface area contributed by atoms with Gasteiger partial charge in [-0.25, -0.2) is 4.39 Å². The number of nitrogens with zero attached hydrogens (tertiary/aromatic N) is 2. The number of aliphatic hydroxyl groups excluding tert-OH is 1. The van der Waals surface area contributed by atoms with Crippen molar-refractivity contribution in [1.82, 2.24) is 10.2 Å². The Bertz CT molecular complexity index is 519. The quantitative estimate of drug-likeness (QED) is 0.915. The van der Waals surface area contributed by atoms with Gasteiger partial charge in [-0.3, -0.25) is 0 Å². The van der Waals surface area contributed by atoms with Crippen molar-refractivity contribution >= 4 is 11.6 Å².